The number of pyridine rings is 1. The highest BCUT2D eigenvalue weighted by Gasteiger charge is 2.16. The van der Waals surface area contributed by atoms with Gasteiger partial charge in [-0.3, -0.25) is 4.98 Å². The molecular formula is C22H24N2O3S. The van der Waals surface area contributed by atoms with E-state index >= 15 is 0 Å². The first kappa shape index (κ1) is 20.0. The van der Waals surface area contributed by atoms with Crippen molar-refractivity contribution in [3.05, 3.63) is 83.0 Å². The second-order valence-electron chi connectivity index (χ2n) is 6.70. The summed E-state index contributed by atoms with van der Waals surface area (Å²) in [5.74, 6) is 0.711. The number of hydrogen-bond acceptors (Lipinski definition) is 4. The number of hydrogen-bond donors (Lipinski definition) is 1. The molecule has 0 radical (unpaired) electrons. The molecule has 0 spiro atoms. The number of rotatable bonds is 7. The van der Waals surface area contributed by atoms with Crippen LogP contribution in [0.25, 0.3) is 11.3 Å². The Bertz CT molecular complexity index is 1050. The van der Waals surface area contributed by atoms with Crippen molar-refractivity contribution in [1.29, 1.82) is 0 Å². The Kier molecular flexibility index (Phi) is 6.11. The van der Waals surface area contributed by atoms with Crippen molar-refractivity contribution in [3.63, 3.8) is 0 Å². The third-order valence-corrected chi connectivity index (χ3v) is 5.80. The van der Waals surface area contributed by atoms with Gasteiger partial charge in [0.05, 0.1) is 18.6 Å². The van der Waals surface area contributed by atoms with Crippen LogP contribution in [0.4, 0.5) is 0 Å². The number of nitrogens with one attached hydrogen (secondary N) is 1. The Morgan fingerprint density at radius 1 is 1.00 bits per heavy atom. The third kappa shape index (κ3) is 4.97. The summed E-state index contributed by atoms with van der Waals surface area (Å²) in [4.78, 5) is 4.67. The second-order valence-corrected chi connectivity index (χ2v) is 8.51. The average Bonchev–Trinajstić information content (AvgIpc) is 2.67. The fourth-order valence-electron chi connectivity index (χ4n) is 3.10. The van der Waals surface area contributed by atoms with Crippen molar-refractivity contribution in [1.82, 2.24) is 9.71 Å². The highest BCUT2D eigenvalue weighted by molar-refractivity contribution is 7.88. The van der Waals surface area contributed by atoms with Crippen molar-refractivity contribution in [2.75, 3.05) is 7.11 Å². The molecule has 1 heterocycles. The van der Waals surface area contributed by atoms with Crippen LogP contribution < -0.4 is 9.46 Å². The number of nitrogens with zero attached hydrogens (tertiary/aromatic N) is 1. The molecule has 0 saturated carbocycles. The van der Waals surface area contributed by atoms with E-state index in [4.69, 9.17) is 4.74 Å². The minimum atomic E-state index is -3.47. The molecule has 0 aliphatic rings. The zero-order chi connectivity index (χ0) is 20.1. The van der Waals surface area contributed by atoms with Crippen molar-refractivity contribution in [2.45, 2.75) is 26.1 Å². The number of methoxy groups -OCH3 is 1. The highest BCUT2D eigenvalue weighted by atomic mass is 32.2. The highest BCUT2D eigenvalue weighted by Crippen LogP contribution is 2.27. The number of benzene rings is 2. The van der Waals surface area contributed by atoms with Crippen LogP contribution in [0.1, 0.15) is 22.4 Å². The van der Waals surface area contributed by atoms with Gasteiger partial charge in [0.15, 0.2) is 0 Å². The molecule has 2 aromatic carbocycles. The van der Waals surface area contributed by atoms with E-state index in [0.717, 1.165) is 39.4 Å². The first-order valence-corrected chi connectivity index (χ1v) is 10.7. The monoisotopic (exact) mass is 396 g/mol. The van der Waals surface area contributed by atoms with Crippen LogP contribution >= 0.6 is 0 Å². The minimum Gasteiger partial charge on any atom is -0.497 e. The molecule has 0 amide bonds. The summed E-state index contributed by atoms with van der Waals surface area (Å²) in [7, 11) is -1.85. The maximum atomic E-state index is 12.5. The molecule has 0 aliphatic carbocycles. The molecule has 3 rings (SSSR count). The molecule has 0 unspecified atom stereocenters. The first-order chi connectivity index (χ1) is 13.4. The predicted molar refractivity (Wildman–Crippen MR) is 112 cm³/mol. The summed E-state index contributed by atoms with van der Waals surface area (Å²) >= 11 is 0. The first-order valence-electron chi connectivity index (χ1n) is 9.01. The molecule has 0 atom stereocenters. The molecular weight excluding hydrogens is 372 g/mol. The smallest absolute Gasteiger partial charge is 0.216 e. The van der Waals surface area contributed by atoms with Gasteiger partial charge in [-0.15, -0.1) is 0 Å². The van der Waals surface area contributed by atoms with E-state index in [0.29, 0.717) is 0 Å². The summed E-state index contributed by atoms with van der Waals surface area (Å²) in [6.07, 6.45) is 0. The summed E-state index contributed by atoms with van der Waals surface area (Å²) in [5.41, 5.74) is 5.21. The van der Waals surface area contributed by atoms with Gasteiger partial charge < -0.3 is 4.74 Å². The van der Waals surface area contributed by atoms with E-state index < -0.39 is 10.0 Å². The Balaban J connectivity index is 1.87. The van der Waals surface area contributed by atoms with Crippen LogP contribution in [0, 0.1) is 13.8 Å². The van der Waals surface area contributed by atoms with Gasteiger partial charge in [-0.2, -0.15) is 0 Å². The molecule has 6 heteroatoms. The number of sulfonamides is 1. The van der Waals surface area contributed by atoms with E-state index in [1.165, 1.54) is 0 Å². The molecule has 28 heavy (non-hydrogen) atoms. The Morgan fingerprint density at radius 3 is 2.32 bits per heavy atom. The Morgan fingerprint density at radius 2 is 1.68 bits per heavy atom. The van der Waals surface area contributed by atoms with Gasteiger partial charge in [0.1, 0.15) is 5.75 Å². The van der Waals surface area contributed by atoms with Crippen molar-refractivity contribution in [2.24, 2.45) is 0 Å². The van der Waals surface area contributed by atoms with Gasteiger partial charge in [0.25, 0.3) is 0 Å². The fraction of sp³-hybridized carbons (Fsp3) is 0.227. The van der Waals surface area contributed by atoms with Crippen LogP contribution in [-0.4, -0.2) is 20.5 Å². The largest absolute Gasteiger partial charge is 0.497 e. The summed E-state index contributed by atoms with van der Waals surface area (Å²) in [5, 5.41) is 0. The van der Waals surface area contributed by atoms with Gasteiger partial charge in [0.2, 0.25) is 10.0 Å². The second kappa shape index (κ2) is 8.54. The molecule has 0 fully saturated rings. The number of ether oxygens (including phenoxy) is 1. The van der Waals surface area contributed by atoms with Crippen LogP contribution in [0.15, 0.2) is 60.7 Å². The maximum absolute atomic E-state index is 12.5. The molecule has 3 aromatic rings. The molecule has 0 bridgehead atoms. The molecule has 146 valence electrons. The fourth-order valence-corrected chi connectivity index (χ4v) is 4.20. The van der Waals surface area contributed by atoms with Gasteiger partial charge in [-0.05, 0) is 60.9 Å². The summed E-state index contributed by atoms with van der Waals surface area (Å²) < 4.78 is 33.0. The van der Waals surface area contributed by atoms with Gasteiger partial charge >= 0.3 is 0 Å². The van der Waals surface area contributed by atoms with Gasteiger partial charge in [-0.1, -0.05) is 30.3 Å². The third-order valence-electron chi connectivity index (χ3n) is 4.51. The summed E-state index contributed by atoms with van der Waals surface area (Å²) in [6, 6.07) is 18.7. The van der Waals surface area contributed by atoms with Crippen molar-refractivity contribution >= 4 is 10.0 Å². The topological polar surface area (TPSA) is 68.3 Å². The van der Waals surface area contributed by atoms with Crippen LogP contribution in [0.2, 0.25) is 0 Å². The van der Waals surface area contributed by atoms with Crippen LogP contribution in [-0.2, 0) is 22.3 Å². The predicted octanol–water partition coefficient (Wildman–Crippen LogP) is 3.99. The van der Waals surface area contributed by atoms with Crippen molar-refractivity contribution < 1.29 is 13.2 Å². The minimum absolute atomic E-state index is 0.0515. The lowest BCUT2D eigenvalue weighted by molar-refractivity contribution is 0.415. The zero-order valence-corrected chi connectivity index (χ0v) is 17.1. The normalized spacial score (nSPS) is 11.4. The van der Waals surface area contributed by atoms with Gasteiger partial charge in [-0.25, -0.2) is 13.1 Å². The Labute approximate surface area is 166 Å². The maximum Gasteiger partial charge on any atom is 0.216 e. The lowest BCUT2D eigenvalue weighted by Crippen LogP contribution is -2.25. The van der Waals surface area contributed by atoms with Crippen LogP contribution in [0.5, 0.6) is 5.75 Å². The number of aromatic nitrogens is 1. The van der Waals surface area contributed by atoms with E-state index in [2.05, 4.69) is 9.71 Å². The lowest BCUT2D eigenvalue weighted by atomic mass is 10.0. The Hall–Kier alpha value is -2.70. The van der Waals surface area contributed by atoms with Crippen LogP contribution in [0.3, 0.4) is 0 Å². The SMILES string of the molecule is COc1ccc(-c2nc(C)cc(C)c2CNS(=O)(=O)Cc2ccccc2)cc1. The van der Waals surface area contributed by atoms with E-state index in [-0.39, 0.29) is 12.3 Å². The van der Waals surface area contributed by atoms with E-state index in [1.807, 2.05) is 62.4 Å². The van der Waals surface area contributed by atoms with E-state index in [1.54, 1.807) is 19.2 Å². The molecule has 1 N–H and O–H groups in total. The average molecular weight is 397 g/mol. The lowest BCUT2D eigenvalue weighted by Gasteiger charge is -2.15. The van der Waals surface area contributed by atoms with Crippen molar-refractivity contribution in [3.8, 4) is 17.0 Å². The van der Waals surface area contributed by atoms with Gasteiger partial charge in [0, 0.05) is 17.8 Å². The molecule has 0 aliphatic heterocycles. The summed E-state index contributed by atoms with van der Waals surface area (Å²) in [6.45, 7) is 4.10. The molecule has 1 aromatic heterocycles. The number of aryl methyl sites for hydroxylation is 2. The molecule has 0 saturated heterocycles. The molecule has 5 nitrogen and oxygen atoms in total. The standard InChI is InChI=1S/C22H24N2O3S/c1-16-13-17(2)24-22(19-9-11-20(27-3)12-10-19)21(16)14-23-28(25,26)15-18-7-5-4-6-8-18/h4-13,23H,14-15H2,1-3H3. The zero-order valence-electron chi connectivity index (χ0n) is 16.3. The van der Waals surface area contributed by atoms with E-state index in [9.17, 15) is 8.42 Å². The quantitative estimate of drug-likeness (QED) is 0.656.